The predicted octanol–water partition coefficient (Wildman–Crippen LogP) is 0.472. The maximum absolute atomic E-state index is 10.4. The van der Waals surface area contributed by atoms with Crippen molar-refractivity contribution >= 4 is 0 Å². The molecule has 1 aliphatic heterocycles. The van der Waals surface area contributed by atoms with Crippen molar-refractivity contribution < 1.29 is 9.84 Å². The summed E-state index contributed by atoms with van der Waals surface area (Å²) < 4.78 is 7.59. The first-order chi connectivity index (χ1) is 12.2. The minimum atomic E-state index is -0.376. The Morgan fingerprint density at radius 2 is 2.20 bits per heavy atom. The Bertz CT molecular complexity index is 607. The number of β-amino-alcohol motifs (C(OH)–C–C–N with tert-alkyl or cyclic N) is 1. The fourth-order valence-corrected chi connectivity index (χ4v) is 3.27. The lowest BCUT2D eigenvalue weighted by molar-refractivity contribution is -0.0504. The first-order valence-electron chi connectivity index (χ1n) is 8.76. The van der Waals surface area contributed by atoms with E-state index in [4.69, 9.17) is 4.74 Å². The zero-order chi connectivity index (χ0) is 17.5. The van der Waals surface area contributed by atoms with Crippen molar-refractivity contribution in [3.05, 3.63) is 48.5 Å². The number of aliphatic hydroxyl groups is 1. The molecule has 0 unspecified atom stereocenters. The number of morpholine rings is 1. The predicted molar refractivity (Wildman–Crippen MR) is 95.0 cm³/mol. The molecule has 2 aromatic rings. The highest BCUT2D eigenvalue weighted by Crippen LogP contribution is 2.09. The van der Waals surface area contributed by atoms with Gasteiger partial charge in [-0.3, -0.25) is 14.5 Å². The maximum Gasteiger partial charge on any atom is 0.137 e. The number of aromatic nitrogens is 3. The normalized spacial score (nSPS) is 20.0. The number of benzene rings is 1. The first kappa shape index (κ1) is 18.0. The van der Waals surface area contributed by atoms with Gasteiger partial charge in [0.1, 0.15) is 12.7 Å². The molecule has 1 aromatic carbocycles. The van der Waals surface area contributed by atoms with E-state index in [0.29, 0.717) is 26.2 Å². The van der Waals surface area contributed by atoms with E-state index in [1.165, 1.54) is 11.9 Å². The van der Waals surface area contributed by atoms with Gasteiger partial charge in [0.2, 0.25) is 0 Å². The fourth-order valence-electron chi connectivity index (χ4n) is 3.27. The molecule has 1 fully saturated rings. The van der Waals surface area contributed by atoms with Gasteiger partial charge in [-0.1, -0.05) is 30.3 Å². The number of likely N-dealkylation sites (N-methyl/N-ethyl adjacent to an activating group) is 1. The second-order valence-corrected chi connectivity index (χ2v) is 6.71. The van der Waals surface area contributed by atoms with Gasteiger partial charge in [0.15, 0.2) is 0 Å². The van der Waals surface area contributed by atoms with E-state index in [0.717, 1.165) is 19.6 Å². The fraction of sp³-hybridized carbons (Fsp3) is 0.556. The standard InChI is InChI=1S/C18H27N5O2/c1-21(9-16-5-3-2-4-6-16)10-17(24)11-22-7-8-25-18(12-22)13-23-15-19-14-20-23/h2-6,14-15,17-18,24H,7-13H2,1H3/t17-,18+/m1/s1. The van der Waals surface area contributed by atoms with E-state index in [1.54, 1.807) is 11.0 Å². The lowest BCUT2D eigenvalue weighted by atomic mass is 10.2. The van der Waals surface area contributed by atoms with Crippen LogP contribution >= 0.6 is 0 Å². The lowest BCUT2D eigenvalue weighted by Crippen LogP contribution is -2.48. The molecule has 1 saturated heterocycles. The minimum absolute atomic E-state index is 0.0877. The largest absolute Gasteiger partial charge is 0.390 e. The van der Waals surface area contributed by atoms with Gasteiger partial charge in [-0.2, -0.15) is 5.10 Å². The molecule has 136 valence electrons. The number of aliphatic hydroxyl groups excluding tert-OH is 1. The van der Waals surface area contributed by atoms with E-state index in [9.17, 15) is 5.11 Å². The first-order valence-corrected chi connectivity index (χ1v) is 8.76. The van der Waals surface area contributed by atoms with Crippen molar-refractivity contribution in [3.8, 4) is 0 Å². The number of hydrogen-bond donors (Lipinski definition) is 1. The van der Waals surface area contributed by atoms with Crippen LogP contribution in [0.25, 0.3) is 0 Å². The van der Waals surface area contributed by atoms with Gasteiger partial charge in [-0.15, -0.1) is 0 Å². The van der Waals surface area contributed by atoms with E-state index >= 15 is 0 Å². The molecule has 0 radical (unpaired) electrons. The molecule has 25 heavy (non-hydrogen) atoms. The van der Waals surface area contributed by atoms with Gasteiger partial charge in [0, 0.05) is 32.7 Å². The summed E-state index contributed by atoms with van der Waals surface area (Å²) in [4.78, 5) is 8.39. The van der Waals surface area contributed by atoms with Crippen molar-refractivity contribution in [1.82, 2.24) is 24.6 Å². The Hall–Kier alpha value is -1.80. The monoisotopic (exact) mass is 345 g/mol. The van der Waals surface area contributed by atoms with Gasteiger partial charge >= 0.3 is 0 Å². The maximum atomic E-state index is 10.4. The zero-order valence-corrected chi connectivity index (χ0v) is 14.7. The third-order valence-corrected chi connectivity index (χ3v) is 4.37. The molecular weight excluding hydrogens is 318 g/mol. The average Bonchev–Trinajstić information content (AvgIpc) is 3.08. The van der Waals surface area contributed by atoms with Crippen LogP contribution < -0.4 is 0 Å². The number of hydrogen-bond acceptors (Lipinski definition) is 6. The van der Waals surface area contributed by atoms with Crippen molar-refractivity contribution in [2.24, 2.45) is 0 Å². The highest BCUT2D eigenvalue weighted by atomic mass is 16.5. The SMILES string of the molecule is CN(Cc1ccccc1)C[C@@H](O)CN1CCO[C@H](Cn2cncn2)C1. The molecule has 0 saturated carbocycles. The third-order valence-electron chi connectivity index (χ3n) is 4.37. The molecule has 3 rings (SSSR count). The Balaban J connectivity index is 1.41. The van der Waals surface area contributed by atoms with Crippen LogP contribution in [-0.4, -0.2) is 81.7 Å². The molecule has 1 N–H and O–H groups in total. The molecule has 7 heteroatoms. The molecular formula is C18H27N5O2. The van der Waals surface area contributed by atoms with Crippen LogP contribution in [0.3, 0.4) is 0 Å². The number of rotatable bonds is 8. The summed E-state index contributed by atoms with van der Waals surface area (Å²) in [7, 11) is 2.04. The summed E-state index contributed by atoms with van der Waals surface area (Å²) in [6.45, 7) is 5.20. The van der Waals surface area contributed by atoms with Gasteiger partial charge < -0.3 is 9.84 Å². The Kier molecular flexibility index (Phi) is 6.52. The molecule has 0 aliphatic carbocycles. The average molecular weight is 345 g/mol. The molecule has 0 spiro atoms. The molecule has 1 aromatic heterocycles. The quantitative estimate of drug-likeness (QED) is 0.750. The van der Waals surface area contributed by atoms with Crippen molar-refractivity contribution in [3.63, 3.8) is 0 Å². The molecule has 7 nitrogen and oxygen atoms in total. The molecule has 2 heterocycles. The van der Waals surface area contributed by atoms with Crippen molar-refractivity contribution in [1.29, 1.82) is 0 Å². The molecule has 1 aliphatic rings. The third kappa shape index (κ3) is 5.89. The van der Waals surface area contributed by atoms with Gasteiger partial charge in [0.05, 0.1) is 25.4 Å². The smallest absolute Gasteiger partial charge is 0.137 e. The summed E-state index contributed by atoms with van der Waals surface area (Å²) in [6, 6.07) is 10.3. The lowest BCUT2D eigenvalue weighted by Gasteiger charge is -2.34. The summed E-state index contributed by atoms with van der Waals surface area (Å²) in [5, 5.41) is 14.6. The van der Waals surface area contributed by atoms with Crippen molar-refractivity contribution in [2.45, 2.75) is 25.3 Å². The van der Waals surface area contributed by atoms with Crippen LogP contribution in [-0.2, 0) is 17.8 Å². The molecule has 0 bridgehead atoms. The van der Waals surface area contributed by atoms with Crippen LogP contribution in [0.15, 0.2) is 43.0 Å². The molecule has 0 amide bonds. The second kappa shape index (κ2) is 9.05. The Labute approximate surface area is 148 Å². The van der Waals surface area contributed by atoms with Crippen LogP contribution in [0, 0.1) is 0 Å². The van der Waals surface area contributed by atoms with Gasteiger partial charge in [0.25, 0.3) is 0 Å². The van der Waals surface area contributed by atoms with E-state index in [2.05, 4.69) is 32.0 Å². The van der Waals surface area contributed by atoms with Crippen LogP contribution in [0.2, 0.25) is 0 Å². The van der Waals surface area contributed by atoms with Crippen LogP contribution in [0.4, 0.5) is 0 Å². The Morgan fingerprint density at radius 1 is 1.36 bits per heavy atom. The summed E-state index contributed by atoms with van der Waals surface area (Å²) in [5.41, 5.74) is 1.26. The summed E-state index contributed by atoms with van der Waals surface area (Å²) >= 11 is 0. The molecule has 2 atom stereocenters. The van der Waals surface area contributed by atoms with Gasteiger partial charge in [-0.05, 0) is 12.6 Å². The van der Waals surface area contributed by atoms with Crippen molar-refractivity contribution in [2.75, 3.05) is 39.8 Å². The van der Waals surface area contributed by atoms with Crippen LogP contribution in [0.5, 0.6) is 0 Å². The van der Waals surface area contributed by atoms with Gasteiger partial charge in [-0.25, -0.2) is 4.98 Å². The Morgan fingerprint density at radius 3 is 2.96 bits per heavy atom. The van der Waals surface area contributed by atoms with E-state index in [1.807, 2.05) is 25.2 Å². The number of nitrogens with zero attached hydrogens (tertiary/aromatic N) is 5. The van der Waals surface area contributed by atoms with E-state index in [-0.39, 0.29) is 12.2 Å². The summed E-state index contributed by atoms with van der Waals surface area (Å²) in [5.74, 6) is 0. The topological polar surface area (TPSA) is 66.7 Å². The second-order valence-electron chi connectivity index (χ2n) is 6.71. The number of ether oxygens (including phenoxy) is 1. The minimum Gasteiger partial charge on any atom is -0.390 e. The highest BCUT2D eigenvalue weighted by molar-refractivity contribution is 5.14. The van der Waals surface area contributed by atoms with E-state index < -0.39 is 0 Å². The zero-order valence-electron chi connectivity index (χ0n) is 14.7. The van der Waals surface area contributed by atoms with Crippen LogP contribution in [0.1, 0.15) is 5.56 Å². The highest BCUT2D eigenvalue weighted by Gasteiger charge is 2.23. The summed E-state index contributed by atoms with van der Waals surface area (Å²) in [6.07, 6.45) is 2.95.